The number of hydrogen-bond acceptors (Lipinski definition) is 4. The summed E-state index contributed by atoms with van der Waals surface area (Å²) in [5.74, 6) is 0. The highest BCUT2D eigenvalue weighted by Gasteiger charge is 2.40. The van der Waals surface area contributed by atoms with Crippen molar-refractivity contribution >= 4 is 28.7 Å². The molecule has 1 aliphatic rings. The molecule has 1 atom stereocenters. The second kappa shape index (κ2) is 7.72. The van der Waals surface area contributed by atoms with Crippen molar-refractivity contribution in [2.24, 2.45) is 0 Å². The van der Waals surface area contributed by atoms with Gasteiger partial charge >= 0.3 is 12.4 Å². The number of aliphatic hydroxyl groups excluding tert-OH is 1. The summed E-state index contributed by atoms with van der Waals surface area (Å²) in [6.45, 7) is -0.330. The number of nitriles is 2. The highest BCUT2D eigenvalue weighted by molar-refractivity contribution is 7.80. The fourth-order valence-corrected chi connectivity index (χ4v) is 3.53. The number of thiocarbonyl (C=S) groups is 1. The van der Waals surface area contributed by atoms with Crippen molar-refractivity contribution in [2.75, 3.05) is 16.3 Å². The Morgan fingerprint density at radius 3 is 1.77 bits per heavy atom. The lowest BCUT2D eigenvalue weighted by molar-refractivity contribution is -0.138. The van der Waals surface area contributed by atoms with E-state index >= 15 is 0 Å². The average molecular weight is 456 g/mol. The van der Waals surface area contributed by atoms with Crippen molar-refractivity contribution in [1.82, 2.24) is 0 Å². The molecule has 160 valence electrons. The number of nitrogens with zero attached hydrogens (tertiary/aromatic N) is 4. The minimum absolute atomic E-state index is 0.0948. The fraction of sp³-hybridized carbons (Fsp3) is 0.211. The van der Waals surface area contributed by atoms with Gasteiger partial charge in [0.2, 0.25) is 0 Å². The molecule has 0 saturated carbocycles. The van der Waals surface area contributed by atoms with Crippen molar-refractivity contribution in [3.8, 4) is 12.1 Å². The van der Waals surface area contributed by atoms with Gasteiger partial charge in [-0.25, -0.2) is 0 Å². The number of aliphatic hydroxyl groups is 1. The monoisotopic (exact) mass is 456 g/mol. The predicted octanol–water partition coefficient (Wildman–Crippen LogP) is 4.40. The van der Waals surface area contributed by atoms with Crippen LogP contribution in [-0.2, 0) is 12.4 Å². The topological polar surface area (TPSA) is 74.3 Å². The van der Waals surface area contributed by atoms with Crippen molar-refractivity contribution in [1.29, 1.82) is 10.5 Å². The minimum atomic E-state index is -4.85. The lowest BCUT2D eigenvalue weighted by Gasteiger charge is -2.24. The Balaban J connectivity index is 2.02. The lowest BCUT2D eigenvalue weighted by Crippen LogP contribution is -2.35. The molecule has 1 aliphatic heterocycles. The number of rotatable bonds is 2. The van der Waals surface area contributed by atoms with Gasteiger partial charge in [0.05, 0.1) is 40.9 Å². The number of halogens is 6. The molecule has 0 radical (unpaired) electrons. The van der Waals surface area contributed by atoms with Crippen LogP contribution in [-0.4, -0.2) is 23.0 Å². The maximum Gasteiger partial charge on any atom is 0.417 e. The molecule has 0 spiro atoms. The molecule has 1 unspecified atom stereocenters. The van der Waals surface area contributed by atoms with E-state index in [1.807, 2.05) is 0 Å². The van der Waals surface area contributed by atoms with E-state index in [0.717, 1.165) is 28.0 Å². The Labute approximate surface area is 176 Å². The van der Waals surface area contributed by atoms with Crippen molar-refractivity contribution in [2.45, 2.75) is 18.6 Å². The SMILES string of the molecule is N#Cc1ccc(N2CC(O)N(c3ccc(C#N)c(C(F)(F)F)c3)C2=S)cc1C(F)(F)F. The summed E-state index contributed by atoms with van der Waals surface area (Å²) in [5, 5.41) is 27.9. The third-order valence-electron chi connectivity index (χ3n) is 4.53. The van der Waals surface area contributed by atoms with Gasteiger partial charge in [-0.05, 0) is 48.6 Å². The number of β-amino-alcohol motifs (C(OH)–C–C–N with tert-alkyl or cyclic N) is 1. The Morgan fingerprint density at radius 1 is 0.871 bits per heavy atom. The normalized spacial score (nSPS) is 16.9. The first-order valence-corrected chi connectivity index (χ1v) is 8.80. The number of benzene rings is 2. The van der Waals surface area contributed by atoms with Gasteiger partial charge < -0.3 is 10.0 Å². The molecule has 2 aromatic rings. The smallest absolute Gasteiger partial charge is 0.371 e. The van der Waals surface area contributed by atoms with Crippen LogP contribution in [0, 0.1) is 22.7 Å². The Bertz CT molecular complexity index is 1130. The van der Waals surface area contributed by atoms with E-state index in [1.165, 1.54) is 18.2 Å². The zero-order valence-electron chi connectivity index (χ0n) is 15.2. The minimum Gasteiger partial charge on any atom is -0.371 e. The third-order valence-corrected chi connectivity index (χ3v) is 4.95. The second-order valence-electron chi connectivity index (χ2n) is 6.42. The Kier molecular flexibility index (Phi) is 5.56. The molecule has 12 heteroatoms. The van der Waals surface area contributed by atoms with Gasteiger partial charge in [-0.2, -0.15) is 36.9 Å². The molecule has 0 amide bonds. The van der Waals surface area contributed by atoms with Crippen molar-refractivity contribution in [3.63, 3.8) is 0 Å². The first-order chi connectivity index (χ1) is 14.4. The fourth-order valence-electron chi connectivity index (χ4n) is 3.13. The van der Waals surface area contributed by atoms with Gasteiger partial charge in [0, 0.05) is 11.4 Å². The molecule has 31 heavy (non-hydrogen) atoms. The summed E-state index contributed by atoms with van der Waals surface area (Å²) in [4.78, 5) is 2.05. The van der Waals surface area contributed by atoms with Crippen LogP contribution in [0.1, 0.15) is 22.3 Å². The molecular formula is C19H10F6N4OS. The molecule has 3 rings (SSSR count). The van der Waals surface area contributed by atoms with E-state index in [0.29, 0.717) is 12.1 Å². The van der Waals surface area contributed by atoms with Crippen LogP contribution in [0.25, 0.3) is 0 Å². The molecule has 0 aliphatic carbocycles. The number of alkyl halides is 6. The first-order valence-electron chi connectivity index (χ1n) is 8.40. The molecule has 1 heterocycles. The molecule has 1 fully saturated rings. The van der Waals surface area contributed by atoms with Crippen LogP contribution < -0.4 is 9.80 Å². The van der Waals surface area contributed by atoms with Crippen LogP contribution in [0.2, 0.25) is 0 Å². The summed E-state index contributed by atoms with van der Waals surface area (Å²) >= 11 is 5.20. The molecule has 1 saturated heterocycles. The Hall–Kier alpha value is -3.35. The third kappa shape index (κ3) is 4.13. The Morgan fingerprint density at radius 2 is 1.32 bits per heavy atom. The summed E-state index contributed by atoms with van der Waals surface area (Å²) in [6, 6.07) is 8.39. The average Bonchev–Trinajstić information content (AvgIpc) is 2.99. The van der Waals surface area contributed by atoms with E-state index in [4.69, 9.17) is 22.7 Å². The van der Waals surface area contributed by atoms with Crippen LogP contribution >= 0.6 is 12.2 Å². The zero-order chi connectivity index (χ0) is 23.1. The molecule has 0 aromatic heterocycles. The molecule has 5 nitrogen and oxygen atoms in total. The van der Waals surface area contributed by atoms with Crippen LogP contribution in [0.15, 0.2) is 36.4 Å². The summed E-state index contributed by atoms with van der Waals surface area (Å²) in [7, 11) is 0. The van der Waals surface area contributed by atoms with Gasteiger partial charge in [-0.3, -0.25) is 4.90 Å². The van der Waals surface area contributed by atoms with Crippen molar-refractivity contribution in [3.05, 3.63) is 58.7 Å². The van der Waals surface area contributed by atoms with E-state index in [2.05, 4.69) is 0 Å². The van der Waals surface area contributed by atoms with Gasteiger partial charge in [-0.1, -0.05) is 0 Å². The number of hydrogen-bond donors (Lipinski definition) is 1. The zero-order valence-corrected chi connectivity index (χ0v) is 16.0. The van der Waals surface area contributed by atoms with Crippen LogP contribution in [0.5, 0.6) is 0 Å². The first kappa shape index (κ1) is 22.3. The molecular weight excluding hydrogens is 446 g/mol. The summed E-state index contributed by atoms with van der Waals surface area (Å²) in [6.07, 6.45) is -11.1. The van der Waals surface area contributed by atoms with Gasteiger partial charge in [0.25, 0.3) is 0 Å². The van der Waals surface area contributed by atoms with E-state index < -0.39 is 40.8 Å². The van der Waals surface area contributed by atoms with E-state index in [-0.39, 0.29) is 23.0 Å². The standard InChI is InChI=1S/C19H10F6N4OS/c20-18(21,22)14-5-12(3-1-10(14)7-26)28-9-16(30)29(17(28)31)13-4-2-11(8-27)15(6-13)19(23,24)25/h1-6,16,30H,9H2. The van der Waals surface area contributed by atoms with Crippen LogP contribution in [0.4, 0.5) is 37.7 Å². The maximum atomic E-state index is 13.3. The van der Waals surface area contributed by atoms with E-state index in [1.54, 1.807) is 0 Å². The summed E-state index contributed by atoms with van der Waals surface area (Å²) < 4.78 is 79.5. The molecule has 1 N–H and O–H groups in total. The second-order valence-corrected chi connectivity index (χ2v) is 6.79. The maximum absolute atomic E-state index is 13.3. The van der Waals surface area contributed by atoms with Crippen LogP contribution in [0.3, 0.4) is 0 Å². The van der Waals surface area contributed by atoms with E-state index in [9.17, 15) is 31.4 Å². The lowest BCUT2D eigenvalue weighted by atomic mass is 10.1. The quantitative estimate of drug-likeness (QED) is 0.534. The van der Waals surface area contributed by atoms with Gasteiger partial charge in [0.15, 0.2) is 11.3 Å². The number of anilines is 2. The molecule has 2 aromatic carbocycles. The largest absolute Gasteiger partial charge is 0.417 e. The highest BCUT2D eigenvalue weighted by atomic mass is 32.1. The highest BCUT2D eigenvalue weighted by Crippen LogP contribution is 2.38. The summed E-state index contributed by atoms with van der Waals surface area (Å²) in [5.41, 5.74) is -3.96. The van der Waals surface area contributed by atoms with Crippen molar-refractivity contribution < 1.29 is 31.4 Å². The van der Waals surface area contributed by atoms with Gasteiger partial charge in [0.1, 0.15) is 0 Å². The predicted molar refractivity (Wildman–Crippen MR) is 101 cm³/mol. The van der Waals surface area contributed by atoms with Gasteiger partial charge in [-0.15, -0.1) is 0 Å². The molecule has 0 bridgehead atoms.